The van der Waals surface area contributed by atoms with E-state index in [0.29, 0.717) is 22.2 Å². The van der Waals surface area contributed by atoms with Gasteiger partial charge in [0.25, 0.3) is 0 Å². The largest absolute Gasteiger partial charge is 0.436 e. The highest BCUT2D eigenvalue weighted by Gasteiger charge is 2.11. The van der Waals surface area contributed by atoms with Gasteiger partial charge in [-0.15, -0.1) is 0 Å². The summed E-state index contributed by atoms with van der Waals surface area (Å²) in [6.07, 6.45) is 0. The van der Waals surface area contributed by atoms with E-state index in [1.54, 1.807) is 18.2 Å². The Kier molecular flexibility index (Phi) is 2.76. The van der Waals surface area contributed by atoms with Crippen molar-refractivity contribution in [3.8, 4) is 11.5 Å². The highest BCUT2D eigenvalue weighted by atomic mass is 79.9. The molecule has 0 bridgehead atoms. The van der Waals surface area contributed by atoms with Crippen LogP contribution in [-0.2, 0) is 0 Å². The van der Waals surface area contributed by atoms with Gasteiger partial charge >= 0.3 is 0 Å². The van der Waals surface area contributed by atoms with Crippen LogP contribution in [0.1, 0.15) is 0 Å². The number of nitrogen functional groups attached to an aromatic ring is 1. The van der Waals surface area contributed by atoms with Gasteiger partial charge in [0.15, 0.2) is 5.58 Å². The highest BCUT2D eigenvalue weighted by Crippen LogP contribution is 2.31. The van der Waals surface area contributed by atoms with Gasteiger partial charge in [-0.05, 0) is 36.4 Å². The minimum Gasteiger partial charge on any atom is -0.436 e. The summed E-state index contributed by atoms with van der Waals surface area (Å²) in [7, 11) is 0. The number of halogens is 2. The van der Waals surface area contributed by atoms with E-state index in [0.717, 1.165) is 15.6 Å². The molecule has 0 radical (unpaired) electrons. The molecule has 3 rings (SSSR count). The Balaban J connectivity index is 2.19. The molecular weight excluding hydrogens is 316 g/mol. The van der Waals surface area contributed by atoms with Gasteiger partial charge in [0.2, 0.25) is 5.89 Å². The molecule has 0 unspecified atom stereocenters. The summed E-state index contributed by atoms with van der Waals surface area (Å²) >= 11 is 9.28. The van der Waals surface area contributed by atoms with Crippen LogP contribution in [0.25, 0.3) is 22.6 Å². The number of nitrogens with two attached hydrogens (primary N) is 1. The topological polar surface area (TPSA) is 52.0 Å². The SMILES string of the molecule is Nc1cc(Br)ccc1-c1nc2cc(Cl)ccc2o1. The zero-order chi connectivity index (χ0) is 12.7. The molecule has 0 aliphatic heterocycles. The summed E-state index contributed by atoms with van der Waals surface area (Å²) in [4.78, 5) is 4.39. The first-order valence-corrected chi connectivity index (χ1v) is 6.42. The van der Waals surface area contributed by atoms with E-state index >= 15 is 0 Å². The summed E-state index contributed by atoms with van der Waals surface area (Å²) in [6.45, 7) is 0. The van der Waals surface area contributed by atoms with Crippen molar-refractivity contribution in [2.24, 2.45) is 0 Å². The fourth-order valence-corrected chi connectivity index (χ4v) is 2.29. The van der Waals surface area contributed by atoms with E-state index in [4.69, 9.17) is 21.8 Å². The molecule has 0 atom stereocenters. The summed E-state index contributed by atoms with van der Waals surface area (Å²) in [5, 5.41) is 0.631. The Morgan fingerprint density at radius 1 is 1.17 bits per heavy atom. The van der Waals surface area contributed by atoms with E-state index in [1.165, 1.54) is 0 Å². The van der Waals surface area contributed by atoms with Gasteiger partial charge < -0.3 is 10.2 Å². The molecule has 2 N–H and O–H groups in total. The molecule has 0 saturated heterocycles. The van der Waals surface area contributed by atoms with Crippen molar-refractivity contribution in [3.63, 3.8) is 0 Å². The Morgan fingerprint density at radius 2 is 2.00 bits per heavy atom. The first-order valence-electron chi connectivity index (χ1n) is 5.25. The lowest BCUT2D eigenvalue weighted by atomic mass is 10.2. The lowest BCUT2D eigenvalue weighted by Gasteiger charge is -2.00. The fourth-order valence-electron chi connectivity index (χ4n) is 1.74. The van der Waals surface area contributed by atoms with E-state index in [1.807, 2.05) is 18.2 Å². The van der Waals surface area contributed by atoms with E-state index < -0.39 is 0 Å². The van der Waals surface area contributed by atoms with Crippen LogP contribution in [-0.4, -0.2) is 4.98 Å². The summed E-state index contributed by atoms with van der Waals surface area (Å²) in [5.41, 5.74) is 8.74. The lowest BCUT2D eigenvalue weighted by molar-refractivity contribution is 0.620. The standard InChI is InChI=1S/C13H8BrClN2O/c14-7-1-3-9(10(16)5-7)13-17-11-6-8(15)2-4-12(11)18-13/h1-6H,16H2. The van der Waals surface area contributed by atoms with Gasteiger partial charge in [-0.25, -0.2) is 4.98 Å². The van der Waals surface area contributed by atoms with Crippen molar-refractivity contribution < 1.29 is 4.42 Å². The van der Waals surface area contributed by atoms with E-state index in [-0.39, 0.29) is 0 Å². The molecule has 0 aliphatic carbocycles. The van der Waals surface area contributed by atoms with Crippen molar-refractivity contribution in [1.82, 2.24) is 4.98 Å². The number of rotatable bonds is 1. The normalized spacial score (nSPS) is 11.0. The maximum atomic E-state index is 5.95. The Labute approximate surface area is 117 Å². The van der Waals surface area contributed by atoms with Gasteiger partial charge in [0, 0.05) is 15.2 Å². The molecule has 0 amide bonds. The number of benzene rings is 2. The van der Waals surface area contributed by atoms with Crippen molar-refractivity contribution in [1.29, 1.82) is 0 Å². The van der Waals surface area contributed by atoms with Crippen LogP contribution in [0.15, 0.2) is 45.3 Å². The molecule has 1 heterocycles. The van der Waals surface area contributed by atoms with Gasteiger partial charge in [-0.2, -0.15) is 0 Å². The lowest BCUT2D eigenvalue weighted by Crippen LogP contribution is -1.89. The Bertz CT molecular complexity index is 739. The zero-order valence-corrected chi connectivity index (χ0v) is 11.5. The number of oxazole rings is 1. The molecule has 0 fully saturated rings. The second kappa shape index (κ2) is 4.30. The van der Waals surface area contributed by atoms with E-state index in [9.17, 15) is 0 Å². The van der Waals surface area contributed by atoms with Crippen LogP contribution in [0.4, 0.5) is 5.69 Å². The minimum atomic E-state index is 0.497. The molecule has 3 aromatic rings. The second-order valence-corrected chi connectivity index (χ2v) is 5.21. The summed E-state index contributed by atoms with van der Waals surface area (Å²) < 4.78 is 6.58. The Morgan fingerprint density at radius 3 is 2.78 bits per heavy atom. The van der Waals surface area contributed by atoms with Gasteiger partial charge in [0.05, 0.1) is 5.56 Å². The Hall–Kier alpha value is -1.52. The van der Waals surface area contributed by atoms with Crippen molar-refractivity contribution >= 4 is 44.3 Å². The third-order valence-corrected chi connectivity index (χ3v) is 3.32. The van der Waals surface area contributed by atoms with E-state index in [2.05, 4.69) is 20.9 Å². The van der Waals surface area contributed by atoms with Crippen molar-refractivity contribution in [2.75, 3.05) is 5.73 Å². The monoisotopic (exact) mass is 322 g/mol. The number of anilines is 1. The maximum Gasteiger partial charge on any atom is 0.229 e. The molecule has 5 heteroatoms. The molecule has 18 heavy (non-hydrogen) atoms. The van der Waals surface area contributed by atoms with Crippen LogP contribution in [0.3, 0.4) is 0 Å². The van der Waals surface area contributed by atoms with Crippen molar-refractivity contribution in [2.45, 2.75) is 0 Å². The maximum absolute atomic E-state index is 5.95. The fraction of sp³-hybridized carbons (Fsp3) is 0. The third-order valence-electron chi connectivity index (χ3n) is 2.59. The molecule has 3 nitrogen and oxygen atoms in total. The average molecular weight is 324 g/mol. The second-order valence-electron chi connectivity index (χ2n) is 3.86. The highest BCUT2D eigenvalue weighted by molar-refractivity contribution is 9.10. The number of fused-ring (bicyclic) bond motifs is 1. The zero-order valence-electron chi connectivity index (χ0n) is 9.15. The number of hydrogen-bond acceptors (Lipinski definition) is 3. The number of aromatic nitrogens is 1. The predicted octanol–water partition coefficient (Wildman–Crippen LogP) is 4.49. The molecule has 90 valence electrons. The first kappa shape index (κ1) is 11.6. The van der Waals surface area contributed by atoms with Gasteiger partial charge in [0.1, 0.15) is 5.52 Å². The molecule has 0 saturated carbocycles. The number of nitrogens with zero attached hydrogens (tertiary/aromatic N) is 1. The molecule has 2 aromatic carbocycles. The quantitative estimate of drug-likeness (QED) is 0.671. The van der Waals surface area contributed by atoms with Crippen LogP contribution in [0, 0.1) is 0 Å². The molecule has 0 spiro atoms. The smallest absolute Gasteiger partial charge is 0.229 e. The molecule has 0 aliphatic rings. The third kappa shape index (κ3) is 1.98. The molecular formula is C13H8BrClN2O. The minimum absolute atomic E-state index is 0.497. The first-order chi connectivity index (χ1) is 8.63. The van der Waals surface area contributed by atoms with Crippen LogP contribution in [0.5, 0.6) is 0 Å². The van der Waals surface area contributed by atoms with Crippen LogP contribution >= 0.6 is 27.5 Å². The van der Waals surface area contributed by atoms with Crippen LogP contribution in [0.2, 0.25) is 5.02 Å². The number of hydrogen-bond donors (Lipinski definition) is 1. The van der Waals surface area contributed by atoms with Crippen LogP contribution < -0.4 is 5.73 Å². The van der Waals surface area contributed by atoms with Gasteiger partial charge in [-0.3, -0.25) is 0 Å². The average Bonchev–Trinajstić information content (AvgIpc) is 2.71. The summed E-state index contributed by atoms with van der Waals surface area (Å²) in [6, 6.07) is 10.9. The van der Waals surface area contributed by atoms with Gasteiger partial charge in [-0.1, -0.05) is 27.5 Å². The predicted molar refractivity (Wildman–Crippen MR) is 76.6 cm³/mol. The summed E-state index contributed by atoms with van der Waals surface area (Å²) in [5.74, 6) is 0.497. The van der Waals surface area contributed by atoms with Crippen molar-refractivity contribution in [3.05, 3.63) is 45.9 Å². The molecule has 1 aromatic heterocycles.